The highest BCUT2D eigenvalue weighted by Gasteiger charge is 2.17. The molecule has 2 heterocycles. The van der Waals surface area contributed by atoms with Gasteiger partial charge in [0.05, 0.1) is 17.7 Å². The molecule has 2 aromatic rings. The number of nitrogens with one attached hydrogen (secondary N) is 1. The number of anilines is 2. The molecule has 1 saturated heterocycles. The molecule has 0 atom stereocenters. The number of rotatable bonds is 3. The fourth-order valence-electron chi connectivity index (χ4n) is 2.60. The van der Waals surface area contributed by atoms with Gasteiger partial charge in [-0.05, 0) is 25.0 Å². The van der Waals surface area contributed by atoms with Crippen LogP contribution in [0.4, 0.5) is 11.4 Å². The molecule has 0 bridgehead atoms. The van der Waals surface area contributed by atoms with Crippen LogP contribution in [-0.2, 0) is 4.79 Å². The van der Waals surface area contributed by atoms with E-state index in [-0.39, 0.29) is 5.91 Å². The van der Waals surface area contributed by atoms with Crippen LogP contribution in [0.5, 0.6) is 0 Å². The molecule has 104 valence electrons. The van der Waals surface area contributed by atoms with Gasteiger partial charge in [-0.2, -0.15) is 0 Å². The van der Waals surface area contributed by atoms with Crippen LogP contribution >= 0.6 is 0 Å². The van der Waals surface area contributed by atoms with E-state index >= 15 is 0 Å². The number of nitrogen functional groups attached to an aromatic ring is 1. The monoisotopic (exact) mass is 270 g/mol. The van der Waals surface area contributed by atoms with Gasteiger partial charge in [0.15, 0.2) is 0 Å². The average Bonchev–Trinajstić information content (AvgIpc) is 2.99. The number of pyridine rings is 1. The van der Waals surface area contributed by atoms with Crippen molar-refractivity contribution in [3.05, 3.63) is 30.5 Å². The van der Waals surface area contributed by atoms with Crippen molar-refractivity contribution in [2.24, 2.45) is 0 Å². The summed E-state index contributed by atoms with van der Waals surface area (Å²) in [5.41, 5.74) is 8.23. The van der Waals surface area contributed by atoms with Crippen molar-refractivity contribution in [1.82, 2.24) is 9.88 Å². The fourth-order valence-corrected chi connectivity index (χ4v) is 2.60. The summed E-state index contributed by atoms with van der Waals surface area (Å²) in [6.45, 7) is 2.07. The van der Waals surface area contributed by atoms with Crippen molar-refractivity contribution in [3.63, 3.8) is 0 Å². The van der Waals surface area contributed by atoms with Crippen molar-refractivity contribution in [2.75, 3.05) is 30.7 Å². The second-order valence-electron chi connectivity index (χ2n) is 5.04. The quantitative estimate of drug-likeness (QED) is 0.835. The van der Waals surface area contributed by atoms with Gasteiger partial charge in [-0.1, -0.05) is 12.1 Å². The molecule has 20 heavy (non-hydrogen) atoms. The number of carbonyl (C=O) groups is 1. The number of para-hydroxylation sites is 1. The number of carbonyl (C=O) groups excluding carboxylic acids is 1. The minimum absolute atomic E-state index is 0.149. The first-order chi connectivity index (χ1) is 9.75. The number of fused-ring (bicyclic) bond motifs is 1. The zero-order valence-corrected chi connectivity index (χ0v) is 11.3. The molecule has 0 radical (unpaired) electrons. The number of likely N-dealkylation sites (tertiary alicyclic amines) is 1. The Morgan fingerprint density at radius 2 is 2.10 bits per heavy atom. The highest BCUT2D eigenvalue weighted by Crippen LogP contribution is 2.25. The number of benzene rings is 1. The lowest BCUT2D eigenvalue weighted by atomic mass is 10.1. The first-order valence-electron chi connectivity index (χ1n) is 6.90. The summed E-state index contributed by atoms with van der Waals surface area (Å²) in [5, 5.41) is 4.15. The highest BCUT2D eigenvalue weighted by molar-refractivity contribution is 5.98. The standard InChI is InChI=1S/C15H18N4O/c16-12-5-3-4-11-13(6-7-17-15(11)12)18-10-14(20)19-8-1-2-9-19/h3-7H,1-2,8-10,16H2,(H,17,18). The lowest BCUT2D eigenvalue weighted by Crippen LogP contribution is -2.33. The lowest BCUT2D eigenvalue weighted by Gasteiger charge is -2.16. The van der Waals surface area contributed by atoms with Gasteiger partial charge in [-0.25, -0.2) is 0 Å². The molecule has 1 fully saturated rings. The zero-order chi connectivity index (χ0) is 13.9. The first-order valence-corrected chi connectivity index (χ1v) is 6.90. The van der Waals surface area contributed by atoms with Gasteiger partial charge in [-0.3, -0.25) is 9.78 Å². The molecule has 1 aromatic heterocycles. The summed E-state index contributed by atoms with van der Waals surface area (Å²) in [6.07, 6.45) is 3.93. The number of nitrogens with zero attached hydrogens (tertiary/aromatic N) is 2. The van der Waals surface area contributed by atoms with Crippen molar-refractivity contribution in [2.45, 2.75) is 12.8 Å². The summed E-state index contributed by atoms with van der Waals surface area (Å²) >= 11 is 0. The van der Waals surface area contributed by atoms with Crippen LogP contribution in [0, 0.1) is 0 Å². The van der Waals surface area contributed by atoms with E-state index in [1.807, 2.05) is 29.2 Å². The largest absolute Gasteiger partial charge is 0.397 e. The number of hydrogen-bond acceptors (Lipinski definition) is 4. The van der Waals surface area contributed by atoms with Gasteiger partial charge in [0, 0.05) is 30.4 Å². The molecule has 0 aliphatic carbocycles. The molecule has 0 unspecified atom stereocenters. The molecule has 0 spiro atoms. The molecule has 0 saturated carbocycles. The normalized spacial score (nSPS) is 14.7. The Labute approximate surface area is 117 Å². The molecule has 1 aromatic carbocycles. The summed E-state index contributed by atoms with van der Waals surface area (Å²) in [6, 6.07) is 7.56. The molecule has 1 aliphatic rings. The van der Waals surface area contributed by atoms with Crippen LogP contribution in [0.2, 0.25) is 0 Å². The topological polar surface area (TPSA) is 71.2 Å². The minimum atomic E-state index is 0.149. The summed E-state index contributed by atoms with van der Waals surface area (Å²) in [7, 11) is 0. The maximum Gasteiger partial charge on any atom is 0.241 e. The van der Waals surface area contributed by atoms with E-state index in [0.717, 1.165) is 42.5 Å². The third-order valence-corrected chi connectivity index (χ3v) is 3.69. The van der Waals surface area contributed by atoms with Crippen LogP contribution in [-0.4, -0.2) is 35.4 Å². The number of nitrogens with two attached hydrogens (primary N) is 1. The molecule has 1 amide bonds. The molecular weight excluding hydrogens is 252 g/mol. The molecule has 3 rings (SSSR count). The SMILES string of the molecule is Nc1cccc2c(NCC(=O)N3CCCC3)ccnc12. The smallest absolute Gasteiger partial charge is 0.241 e. The molecule has 5 nitrogen and oxygen atoms in total. The van der Waals surface area contributed by atoms with Crippen LogP contribution in [0.25, 0.3) is 10.9 Å². The van der Waals surface area contributed by atoms with E-state index in [1.165, 1.54) is 0 Å². The predicted molar refractivity (Wildman–Crippen MR) is 80.5 cm³/mol. The zero-order valence-electron chi connectivity index (χ0n) is 11.3. The van der Waals surface area contributed by atoms with E-state index in [0.29, 0.717) is 12.2 Å². The average molecular weight is 270 g/mol. The van der Waals surface area contributed by atoms with Gasteiger partial charge in [0.2, 0.25) is 5.91 Å². The number of amides is 1. The Morgan fingerprint density at radius 3 is 2.90 bits per heavy atom. The van der Waals surface area contributed by atoms with E-state index < -0.39 is 0 Å². The van der Waals surface area contributed by atoms with E-state index in [2.05, 4.69) is 10.3 Å². The van der Waals surface area contributed by atoms with Crippen molar-refractivity contribution >= 4 is 28.2 Å². The number of aromatic nitrogens is 1. The molecular formula is C15H18N4O. The van der Waals surface area contributed by atoms with Gasteiger partial charge >= 0.3 is 0 Å². The van der Waals surface area contributed by atoms with Crippen LogP contribution < -0.4 is 11.1 Å². The van der Waals surface area contributed by atoms with Gasteiger partial charge in [0.1, 0.15) is 0 Å². The third kappa shape index (κ3) is 2.39. The van der Waals surface area contributed by atoms with Crippen molar-refractivity contribution in [1.29, 1.82) is 0 Å². The molecule has 3 N–H and O–H groups in total. The van der Waals surface area contributed by atoms with Crippen molar-refractivity contribution in [3.8, 4) is 0 Å². The van der Waals surface area contributed by atoms with E-state index in [9.17, 15) is 4.79 Å². The summed E-state index contributed by atoms with van der Waals surface area (Å²) < 4.78 is 0. The maximum atomic E-state index is 12.0. The van der Waals surface area contributed by atoms with Crippen molar-refractivity contribution < 1.29 is 4.79 Å². The maximum absolute atomic E-state index is 12.0. The fraction of sp³-hybridized carbons (Fsp3) is 0.333. The molecule has 5 heteroatoms. The Hall–Kier alpha value is -2.30. The lowest BCUT2D eigenvalue weighted by molar-refractivity contribution is -0.128. The van der Waals surface area contributed by atoms with Crippen LogP contribution in [0.1, 0.15) is 12.8 Å². The molecule has 1 aliphatic heterocycles. The predicted octanol–water partition coefficient (Wildman–Crippen LogP) is 1.85. The van der Waals surface area contributed by atoms with Gasteiger partial charge in [-0.15, -0.1) is 0 Å². The Kier molecular flexibility index (Phi) is 3.41. The summed E-state index contributed by atoms with van der Waals surface area (Å²) in [4.78, 5) is 18.2. The first kappa shape index (κ1) is 12.7. The minimum Gasteiger partial charge on any atom is -0.397 e. The second kappa shape index (κ2) is 5.36. The summed E-state index contributed by atoms with van der Waals surface area (Å²) in [5.74, 6) is 0.149. The third-order valence-electron chi connectivity index (χ3n) is 3.69. The van der Waals surface area contributed by atoms with E-state index in [4.69, 9.17) is 5.73 Å². The van der Waals surface area contributed by atoms with E-state index in [1.54, 1.807) is 6.20 Å². The highest BCUT2D eigenvalue weighted by atomic mass is 16.2. The Bertz CT molecular complexity index is 635. The Balaban J connectivity index is 1.77. The van der Waals surface area contributed by atoms with Gasteiger partial charge < -0.3 is 16.0 Å². The van der Waals surface area contributed by atoms with Crippen LogP contribution in [0.3, 0.4) is 0 Å². The Morgan fingerprint density at radius 1 is 1.30 bits per heavy atom. The number of hydrogen-bond donors (Lipinski definition) is 2. The second-order valence-corrected chi connectivity index (χ2v) is 5.04. The van der Waals surface area contributed by atoms with Crippen LogP contribution in [0.15, 0.2) is 30.5 Å². The van der Waals surface area contributed by atoms with Gasteiger partial charge in [0.25, 0.3) is 0 Å².